The van der Waals surface area contributed by atoms with Crippen molar-refractivity contribution in [1.82, 2.24) is 4.90 Å². The molecule has 0 aromatic heterocycles. The molecular weight excluding hydrogens is 257 g/mol. The quantitative estimate of drug-likeness (QED) is 0.751. The zero-order valence-corrected chi connectivity index (χ0v) is 10.8. The lowest BCUT2D eigenvalue weighted by Crippen LogP contribution is -2.25. The summed E-state index contributed by atoms with van der Waals surface area (Å²) in [5.41, 5.74) is 0.698. The van der Waals surface area contributed by atoms with Gasteiger partial charge >= 0.3 is 0 Å². The molecule has 1 heterocycles. The summed E-state index contributed by atoms with van der Waals surface area (Å²) in [5, 5.41) is 1.12. The van der Waals surface area contributed by atoms with Crippen LogP contribution in [0.3, 0.4) is 0 Å². The average Bonchev–Trinajstić information content (AvgIpc) is 2.81. The van der Waals surface area contributed by atoms with E-state index in [1.165, 1.54) is 0 Å². The fourth-order valence-electron chi connectivity index (χ4n) is 1.87. The molecule has 90 valence electrons. The largest absolute Gasteiger partial charge is 0.339 e. The minimum Gasteiger partial charge on any atom is -0.339 e. The molecular formula is C13H13Cl2NO. The molecule has 0 unspecified atom stereocenters. The van der Waals surface area contributed by atoms with Gasteiger partial charge in [0.2, 0.25) is 5.91 Å². The van der Waals surface area contributed by atoms with Crippen molar-refractivity contribution in [2.45, 2.75) is 12.8 Å². The van der Waals surface area contributed by atoms with Gasteiger partial charge in [0.05, 0.1) is 0 Å². The lowest BCUT2D eigenvalue weighted by molar-refractivity contribution is -0.124. The van der Waals surface area contributed by atoms with E-state index in [1.807, 2.05) is 4.90 Å². The molecule has 0 radical (unpaired) electrons. The molecule has 1 aromatic rings. The van der Waals surface area contributed by atoms with Crippen molar-refractivity contribution in [2.75, 3.05) is 13.1 Å². The van der Waals surface area contributed by atoms with Crippen LogP contribution < -0.4 is 0 Å². The Morgan fingerprint density at radius 3 is 2.35 bits per heavy atom. The molecule has 1 saturated heterocycles. The Kier molecular flexibility index (Phi) is 4.08. The van der Waals surface area contributed by atoms with Gasteiger partial charge in [0.25, 0.3) is 0 Å². The number of amides is 1. The number of carbonyl (C=O) groups is 1. The third kappa shape index (κ3) is 3.02. The first-order valence-corrected chi connectivity index (χ1v) is 6.35. The molecule has 2 nitrogen and oxygen atoms in total. The molecule has 0 bridgehead atoms. The van der Waals surface area contributed by atoms with Crippen LogP contribution in [0, 0.1) is 0 Å². The predicted octanol–water partition coefficient (Wildman–Crippen LogP) is 3.63. The minimum absolute atomic E-state index is 0.0264. The van der Waals surface area contributed by atoms with E-state index in [0.717, 1.165) is 25.9 Å². The maximum atomic E-state index is 11.8. The predicted molar refractivity (Wildman–Crippen MR) is 71.3 cm³/mol. The molecule has 0 spiro atoms. The summed E-state index contributed by atoms with van der Waals surface area (Å²) in [6.07, 6.45) is 5.41. The molecule has 4 heteroatoms. The molecule has 1 aliphatic heterocycles. The number of nitrogens with zero attached hydrogens (tertiary/aromatic N) is 1. The summed E-state index contributed by atoms with van der Waals surface area (Å²) in [7, 11) is 0. The zero-order chi connectivity index (χ0) is 12.3. The molecule has 0 aliphatic carbocycles. The van der Waals surface area contributed by atoms with E-state index in [0.29, 0.717) is 15.6 Å². The van der Waals surface area contributed by atoms with Gasteiger partial charge in [-0.1, -0.05) is 29.3 Å². The van der Waals surface area contributed by atoms with E-state index in [-0.39, 0.29) is 5.91 Å². The fraction of sp³-hybridized carbons (Fsp3) is 0.308. The molecule has 0 N–H and O–H groups in total. The maximum Gasteiger partial charge on any atom is 0.246 e. The van der Waals surface area contributed by atoms with Gasteiger partial charge in [0.15, 0.2) is 0 Å². The average molecular weight is 270 g/mol. The van der Waals surface area contributed by atoms with Crippen molar-refractivity contribution >= 4 is 35.2 Å². The molecule has 1 fully saturated rings. The van der Waals surface area contributed by atoms with E-state index in [1.54, 1.807) is 30.4 Å². The van der Waals surface area contributed by atoms with Crippen LogP contribution in [-0.4, -0.2) is 23.9 Å². The van der Waals surface area contributed by atoms with Crippen LogP contribution in [0.2, 0.25) is 10.0 Å². The first kappa shape index (κ1) is 12.5. The van der Waals surface area contributed by atoms with Crippen molar-refractivity contribution in [3.05, 3.63) is 39.9 Å². The second-order valence-corrected chi connectivity index (χ2v) is 4.82. The molecule has 1 aliphatic rings. The van der Waals surface area contributed by atoms with Crippen LogP contribution in [0.1, 0.15) is 18.4 Å². The first-order chi connectivity index (χ1) is 8.18. The third-order valence-corrected chi connectivity index (χ3v) is 3.47. The SMILES string of the molecule is O=C(/C=C\c1c(Cl)cccc1Cl)N1CCCC1. The second kappa shape index (κ2) is 5.56. The van der Waals surface area contributed by atoms with Crippen molar-refractivity contribution in [3.8, 4) is 0 Å². The van der Waals surface area contributed by atoms with Gasteiger partial charge in [-0.25, -0.2) is 0 Å². The Hall–Kier alpha value is -0.990. The number of rotatable bonds is 2. The van der Waals surface area contributed by atoms with Crippen LogP contribution >= 0.6 is 23.2 Å². The number of halogens is 2. The smallest absolute Gasteiger partial charge is 0.246 e. The van der Waals surface area contributed by atoms with Gasteiger partial charge in [-0.05, 0) is 31.1 Å². The van der Waals surface area contributed by atoms with E-state index < -0.39 is 0 Å². The Bertz CT molecular complexity index is 430. The maximum absolute atomic E-state index is 11.8. The molecule has 0 saturated carbocycles. The summed E-state index contributed by atoms with van der Waals surface area (Å²) in [4.78, 5) is 13.6. The monoisotopic (exact) mass is 269 g/mol. The third-order valence-electron chi connectivity index (χ3n) is 2.81. The number of carbonyl (C=O) groups excluding carboxylic acids is 1. The van der Waals surface area contributed by atoms with Crippen molar-refractivity contribution in [2.24, 2.45) is 0 Å². The first-order valence-electron chi connectivity index (χ1n) is 5.59. The van der Waals surface area contributed by atoms with Crippen LogP contribution in [0.4, 0.5) is 0 Å². The molecule has 1 amide bonds. The normalized spacial score (nSPS) is 15.8. The van der Waals surface area contributed by atoms with Gasteiger partial charge in [0.1, 0.15) is 0 Å². The van der Waals surface area contributed by atoms with Gasteiger partial charge in [-0.3, -0.25) is 4.79 Å². The van der Waals surface area contributed by atoms with Crippen molar-refractivity contribution in [1.29, 1.82) is 0 Å². The van der Waals surface area contributed by atoms with Crippen LogP contribution in [0.15, 0.2) is 24.3 Å². The summed E-state index contributed by atoms with van der Waals surface area (Å²) in [6.45, 7) is 1.69. The number of hydrogen-bond acceptors (Lipinski definition) is 1. The highest BCUT2D eigenvalue weighted by Crippen LogP contribution is 2.25. The Morgan fingerprint density at radius 2 is 1.76 bits per heavy atom. The second-order valence-electron chi connectivity index (χ2n) is 4.00. The molecule has 0 atom stereocenters. The standard InChI is InChI=1S/C13H13Cl2NO/c14-11-4-3-5-12(15)10(11)6-7-13(17)16-8-1-2-9-16/h3-7H,1-2,8-9H2/b7-6-. The van der Waals surface area contributed by atoms with E-state index in [9.17, 15) is 4.79 Å². The highest BCUT2D eigenvalue weighted by atomic mass is 35.5. The minimum atomic E-state index is 0.0264. The Balaban J connectivity index is 2.12. The summed E-state index contributed by atoms with van der Waals surface area (Å²) >= 11 is 12.0. The van der Waals surface area contributed by atoms with Crippen LogP contribution in [-0.2, 0) is 4.79 Å². The number of benzene rings is 1. The number of hydrogen-bond donors (Lipinski definition) is 0. The van der Waals surface area contributed by atoms with E-state index in [4.69, 9.17) is 23.2 Å². The topological polar surface area (TPSA) is 20.3 Å². The Labute approximate surface area is 111 Å². The summed E-state index contributed by atoms with van der Waals surface area (Å²) in [5.74, 6) is 0.0264. The van der Waals surface area contributed by atoms with Crippen molar-refractivity contribution in [3.63, 3.8) is 0 Å². The van der Waals surface area contributed by atoms with Crippen molar-refractivity contribution < 1.29 is 4.79 Å². The fourth-order valence-corrected chi connectivity index (χ4v) is 2.39. The van der Waals surface area contributed by atoms with Gasteiger partial charge in [-0.15, -0.1) is 0 Å². The van der Waals surface area contributed by atoms with Gasteiger partial charge < -0.3 is 4.90 Å². The lowest BCUT2D eigenvalue weighted by Gasteiger charge is -2.11. The lowest BCUT2D eigenvalue weighted by atomic mass is 10.2. The highest BCUT2D eigenvalue weighted by Gasteiger charge is 2.15. The van der Waals surface area contributed by atoms with E-state index in [2.05, 4.69) is 0 Å². The Morgan fingerprint density at radius 1 is 1.18 bits per heavy atom. The van der Waals surface area contributed by atoms with Crippen LogP contribution in [0.5, 0.6) is 0 Å². The highest BCUT2D eigenvalue weighted by molar-refractivity contribution is 6.37. The number of likely N-dealkylation sites (tertiary alicyclic amines) is 1. The van der Waals surface area contributed by atoms with Crippen LogP contribution in [0.25, 0.3) is 6.08 Å². The summed E-state index contributed by atoms with van der Waals surface area (Å²) in [6, 6.07) is 5.30. The molecule has 17 heavy (non-hydrogen) atoms. The zero-order valence-electron chi connectivity index (χ0n) is 9.33. The molecule has 2 rings (SSSR count). The van der Waals surface area contributed by atoms with E-state index >= 15 is 0 Å². The molecule has 1 aromatic carbocycles. The summed E-state index contributed by atoms with van der Waals surface area (Å²) < 4.78 is 0. The van der Waals surface area contributed by atoms with Gasteiger partial charge in [0, 0.05) is 34.8 Å². The van der Waals surface area contributed by atoms with Gasteiger partial charge in [-0.2, -0.15) is 0 Å².